The number of benzene rings is 1. The Bertz CT molecular complexity index is 310. The molecule has 1 aromatic carbocycles. The second-order valence-corrected chi connectivity index (χ2v) is 3.89. The van der Waals surface area contributed by atoms with Gasteiger partial charge in [0.25, 0.3) is 0 Å². The Morgan fingerprint density at radius 1 is 1.31 bits per heavy atom. The van der Waals surface area contributed by atoms with Gasteiger partial charge in [-0.3, -0.25) is 0 Å². The van der Waals surface area contributed by atoms with Gasteiger partial charge in [-0.2, -0.15) is 0 Å². The molecule has 0 unspecified atom stereocenters. The standard InChI is InChI=1S/C9H10Cl2N2/c10-7-2-1-3-8(9(7)11)13-6-4-12-5-6/h1-3,6,12-13H,4-5H2. The Morgan fingerprint density at radius 2 is 2.08 bits per heavy atom. The second kappa shape index (κ2) is 3.74. The molecule has 13 heavy (non-hydrogen) atoms. The lowest BCUT2D eigenvalue weighted by molar-refractivity contribution is 0.472. The molecule has 2 rings (SSSR count). The van der Waals surface area contributed by atoms with Gasteiger partial charge in [-0.25, -0.2) is 0 Å². The molecule has 0 amide bonds. The molecule has 2 N–H and O–H groups in total. The molecule has 70 valence electrons. The molecule has 1 heterocycles. The van der Waals surface area contributed by atoms with Crippen molar-refractivity contribution in [2.24, 2.45) is 0 Å². The zero-order chi connectivity index (χ0) is 9.26. The van der Waals surface area contributed by atoms with Crippen molar-refractivity contribution in [2.75, 3.05) is 18.4 Å². The zero-order valence-corrected chi connectivity index (χ0v) is 8.49. The van der Waals surface area contributed by atoms with Crippen molar-refractivity contribution in [1.29, 1.82) is 0 Å². The van der Waals surface area contributed by atoms with E-state index in [4.69, 9.17) is 23.2 Å². The van der Waals surface area contributed by atoms with Crippen LogP contribution in [0.15, 0.2) is 18.2 Å². The Balaban J connectivity index is 2.14. The maximum atomic E-state index is 6.00. The summed E-state index contributed by atoms with van der Waals surface area (Å²) in [4.78, 5) is 0. The molecule has 2 nitrogen and oxygen atoms in total. The summed E-state index contributed by atoms with van der Waals surface area (Å²) in [7, 11) is 0. The molecule has 0 atom stereocenters. The van der Waals surface area contributed by atoms with Crippen LogP contribution >= 0.6 is 23.2 Å². The summed E-state index contributed by atoms with van der Waals surface area (Å²) in [6, 6.07) is 6.10. The van der Waals surface area contributed by atoms with Crippen LogP contribution in [0.3, 0.4) is 0 Å². The molecule has 0 radical (unpaired) electrons. The molecule has 1 fully saturated rings. The van der Waals surface area contributed by atoms with Crippen LogP contribution in [0, 0.1) is 0 Å². The summed E-state index contributed by atoms with van der Waals surface area (Å²) < 4.78 is 0. The fourth-order valence-electron chi connectivity index (χ4n) is 1.23. The first-order valence-corrected chi connectivity index (χ1v) is 4.94. The Labute approximate surface area is 87.2 Å². The van der Waals surface area contributed by atoms with Gasteiger partial charge in [0.05, 0.1) is 21.8 Å². The average Bonchev–Trinajstić information content (AvgIpc) is 2.04. The summed E-state index contributed by atoms with van der Waals surface area (Å²) in [6.45, 7) is 1.98. The molecule has 1 aliphatic heterocycles. The summed E-state index contributed by atoms with van der Waals surface area (Å²) in [5, 5.41) is 7.69. The number of hydrogen-bond acceptors (Lipinski definition) is 2. The van der Waals surface area contributed by atoms with Crippen LogP contribution in [-0.4, -0.2) is 19.1 Å². The van der Waals surface area contributed by atoms with Crippen LogP contribution in [0.1, 0.15) is 0 Å². The SMILES string of the molecule is Clc1cccc(NC2CNC2)c1Cl. The molecule has 0 bridgehead atoms. The number of hydrogen-bond donors (Lipinski definition) is 2. The van der Waals surface area contributed by atoms with Gasteiger partial charge in [0.1, 0.15) is 0 Å². The van der Waals surface area contributed by atoms with Gasteiger partial charge in [0.2, 0.25) is 0 Å². The van der Waals surface area contributed by atoms with Crippen molar-refractivity contribution >= 4 is 28.9 Å². The maximum Gasteiger partial charge on any atom is 0.0823 e. The number of anilines is 1. The van der Waals surface area contributed by atoms with E-state index in [1.165, 1.54) is 0 Å². The molecule has 4 heteroatoms. The Morgan fingerprint density at radius 3 is 2.69 bits per heavy atom. The molecule has 1 aromatic rings. The highest BCUT2D eigenvalue weighted by Gasteiger charge is 2.17. The van der Waals surface area contributed by atoms with Crippen molar-refractivity contribution in [3.05, 3.63) is 28.2 Å². The minimum Gasteiger partial charge on any atom is -0.378 e. The maximum absolute atomic E-state index is 6.00. The normalized spacial score (nSPS) is 16.8. The highest BCUT2D eigenvalue weighted by atomic mass is 35.5. The lowest BCUT2D eigenvalue weighted by Crippen LogP contribution is -2.51. The molecule has 0 aliphatic carbocycles. The third-order valence-corrected chi connectivity index (χ3v) is 2.91. The van der Waals surface area contributed by atoms with Gasteiger partial charge >= 0.3 is 0 Å². The first kappa shape index (κ1) is 9.13. The van der Waals surface area contributed by atoms with Crippen molar-refractivity contribution in [3.8, 4) is 0 Å². The molecule has 1 saturated heterocycles. The van der Waals surface area contributed by atoms with Gasteiger partial charge in [-0.1, -0.05) is 29.3 Å². The van der Waals surface area contributed by atoms with Crippen molar-refractivity contribution in [3.63, 3.8) is 0 Å². The third kappa shape index (κ3) is 1.90. The lowest BCUT2D eigenvalue weighted by atomic mass is 10.1. The van der Waals surface area contributed by atoms with Crippen LogP contribution < -0.4 is 10.6 Å². The van der Waals surface area contributed by atoms with E-state index >= 15 is 0 Å². The van der Waals surface area contributed by atoms with Crippen molar-refractivity contribution in [2.45, 2.75) is 6.04 Å². The van der Waals surface area contributed by atoms with E-state index in [-0.39, 0.29) is 0 Å². The van der Waals surface area contributed by atoms with E-state index in [9.17, 15) is 0 Å². The topological polar surface area (TPSA) is 24.1 Å². The first-order chi connectivity index (χ1) is 6.27. The lowest BCUT2D eigenvalue weighted by Gasteiger charge is -2.29. The minimum atomic E-state index is 0.482. The quantitative estimate of drug-likeness (QED) is 0.794. The molecule has 0 aromatic heterocycles. The zero-order valence-electron chi connectivity index (χ0n) is 6.98. The molecule has 0 spiro atoms. The molecular formula is C9H10Cl2N2. The second-order valence-electron chi connectivity index (χ2n) is 3.10. The molecule has 0 saturated carbocycles. The fourth-order valence-corrected chi connectivity index (χ4v) is 1.58. The van der Waals surface area contributed by atoms with E-state index in [2.05, 4.69) is 10.6 Å². The van der Waals surface area contributed by atoms with E-state index in [1.807, 2.05) is 12.1 Å². The van der Waals surface area contributed by atoms with Gasteiger partial charge in [-0.15, -0.1) is 0 Å². The Hall–Kier alpha value is -0.440. The third-order valence-electron chi connectivity index (χ3n) is 2.09. The van der Waals surface area contributed by atoms with Gasteiger partial charge in [0, 0.05) is 13.1 Å². The predicted molar refractivity (Wildman–Crippen MR) is 56.7 cm³/mol. The van der Waals surface area contributed by atoms with Crippen LogP contribution in [0.2, 0.25) is 10.0 Å². The number of halogens is 2. The van der Waals surface area contributed by atoms with E-state index in [0.717, 1.165) is 18.8 Å². The number of nitrogens with one attached hydrogen (secondary N) is 2. The largest absolute Gasteiger partial charge is 0.378 e. The summed E-state index contributed by atoms with van der Waals surface area (Å²) in [5.41, 5.74) is 0.917. The van der Waals surface area contributed by atoms with Gasteiger partial charge < -0.3 is 10.6 Å². The van der Waals surface area contributed by atoms with Crippen molar-refractivity contribution < 1.29 is 0 Å². The highest BCUT2D eigenvalue weighted by molar-refractivity contribution is 6.43. The van der Waals surface area contributed by atoms with Crippen LogP contribution in [0.5, 0.6) is 0 Å². The predicted octanol–water partition coefficient (Wildman–Crippen LogP) is 2.38. The smallest absolute Gasteiger partial charge is 0.0823 e. The summed E-state index contributed by atoms with van der Waals surface area (Å²) >= 11 is 11.9. The van der Waals surface area contributed by atoms with Crippen molar-refractivity contribution in [1.82, 2.24) is 5.32 Å². The van der Waals surface area contributed by atoms with E-state index in [1.54, 1.807) is 6.07 Å². The van der Waals surface area contributed by atoms with Gasteiger partial charge in [0.15, 0.2) is 0 Å². The minimum absolute atomic E-state index is 0.482. The highest BCUT2D eigenvalue weighted by Crippen LogP contribution is 2.30. The molecular weight excluding hydrogens is 207 g/mol. The number of rotatable bonds is 2. The van der Waals surface area contributed by atoms with Crippen LogP contribution in [0.4, 0.5) is 5.69 Å². The Kier molecular flexibility index (Phi) is 2.63. The average molecular weight is 217 g/mol. The summed E-state index contributed by atoms with van der Waals surface area (Å²) in [5.74, 6) is 0. The summed E-state index contributed by atoms with van der Waals surface area (Å²) in [6.07, 6.45) is 0. The molecule has 1 aliphatic rings. The monoisotopic (exact) mass is 216 g/mol. The van der Waals surface area contributed by atoms with Gasteiger partial charge in [-0.05, 0) is 12.1 Å². The fraction of sp³-hybridized carbons (Fsp3) is 0.333. The van der Waals surface area contributed by atoms with E-state index < -0.39 is 0 Å². The first-order valence-electron chi connectivity index (χ1n) is 4.18. The van der Waals surface area contributed by atoms with Crippen LogP contribution in [0.25, 0.3) is 0 Å². The van der Waals surface area contributed by atoms with Crippen LogP contribution in [-0.2, 0) is 0 Å². The van der Waals surface area contributed by atoms with E-state index in [0.29, 0.717) is 16.1 Å².